The lowest BCUT2D eigenvalue weighted by molar-refractivity contribution is 0.365. The molecule has 2 bridgehead atoms. The van der Waals surface area contributed by atoms with Crippen molar-refractivity contribution in [3.63, 3.8) is 0 Å². The van der Waals surface area contributed by atoms with Gasteiger partial charge in [-0.15, -0.1) is 0 Å². The fourth-order valence-corrected chi connectivity index (χ4v) is 4.74. The second-order valence-electron chi connectivity index (χ2n) is 5.75. The van der Waals surface area contributed by atoms with E-state index < -0.39 is 0 Å². The second-order valence-corrected chi connectivity index (χ2v) is 6.56. The predicted molar refractivity (Wildman–Crippen MR) is 83.8 cm³/mol. The summed E-state index contributed by atoms with van der Waals surface area (Å²) in [5, 5.41) is 1.72. The summed E-state index contributed by atoms with van der Waals surface area (Å²) >= 11 is 12.9. The summed E-state index contributed by atoms with van der Waals surface area (Å²) in [6, 6.07) is 12.4. The number of fused-ring (bicyclic) bond motifs is 1. The molecule has 5 rings (SSSR count). The molecule has 1 unspecified atom stereocenters. The van der Waals surface area contributed by atoms with Gasteiger partial charge in [0.1, 0.15) is 0 Å². The molecule has 1 nitrogen and oxygen atoms in total. The van der Waals surface area contributed by atoms with Gasteiger partial charge < -0.3 is 5.73 Å². The Morgan fingerprint density at radius 1 is 0.950 bits per heavy atom. The molecule has 0 aromatic heterocycles. The highest BCUT2D eigenvalue weighted by Crippen LogP contribution is 2.58. The Kier molecular flexibility index (Phi) is 2.85. The molecule has 0 fully saturated rings. The molecule has 0 aliphatic heterocycles. The zero-order valence-electron chi connectivity index (χ0n) is 10.9. The lowest BCUT2D eigenvalue weighted by Gasteiger charge is -2.46. The first kappa shape index (κ1) is 12.7. The van der Waals surface area contributed by atoms with Crippen LogP contribution in [0.5, 0.6) is 0 Å². The van der Waals surface area contributed by atoms with Gasteiger partial charge >= 0.3 is 0 Å². The number of nitrogens with two attached hydrogens (primary N) is 1. The SMILES string of the molecule is NCC1CC2c3c(Cl)cccc3C1c1cccc(Cl)c12. The minimum absolute atomic E-state index is 0.293. The number of rotatable bonds is 1. The van der Waals surface area contributed by atoms with Crippen LogP contribution < -0.4 is 5.73 Å². The molecule has 2 aromatic rings. The molecule has 2 N–H and O–H groups in total. The van der Waals surface area contributed by atoms with E-state index in [1.165, 1.54) is 22.3 Å². The first-order valence-corrected chi connectivity index (χ1v) is 7.74. The molecule has 3 heteroatoms. The summed E-state index contributed by atoms with van der Waals surface area (Å²) in [4.78, 5) is 0. The normalized spacial score (nSPS) is 26.2. The highest BCUT2D eigenvalue weighted by molar-refractivity contribution is 6.32. The van der Waals surface area contributed by atoms with E-state index in [2.05, 4.69) is 12.1 Å². The summed E-state index contributed by atoms with van der Waals surface area (Å²) < 4.78 is 0. The Labute approximate surface area is 128 Å². The molecule has 0 radical (unpaired) electrons. The van der Waals surface area contributed by atoms with Crippen LogP contribution in [-0.4, -0.2) is 6.54 Å². The van der Waals surface area contributed by atoms with Crippen LogP contribution in [0.3, 0.4) is 0 Å². The van der Waals surface area contributed by atoms with Gasteiger partial charge in [-0.1, -0.05) is 47.5 Å². The van der Waals surface area contributed by atoms with Gasteiger partial charge in [-0.2, -0.15) is 0 Å². The molecule has 102 valence electrons. The van der Waals surface area contributed by atoms with E-state index in [0.717, 1.165) is 16.5 Å². The van der Waals surface area contributed by atoms with Crippen LogP contribution in [-0.2, 0) is 0 Å². The average molecular weight is 304 g/mol. The molecule has 3 aliphatic carbocycles. The van der Waals surface area contributed by atoms with E-state index >= 15 is 0 Å². The van der Waals surface area contributed by atoms with Crippen LogP contribution in [0.4, 0.5) is 0 Å². The molecule has 0 saturated carbocycles. The topological polar surface area (TPSA) is 26.0 Å². The Morgan fingerprint density at radius 3 is 2.00 bits per heavy atom. The molecular formula is C17H15Cl2N. The van der Waals surface area contributed by atoms with E-state index in [1.54, 1.807) is 0 Å². The summed E-state index contributed by atoms with van der Waals surface area (Å²) in [7, 11) is 0. The van der Waals surface area contributed by atoms with Crippen molar-refractivity contribution in [1.29, 1.82) is 0 Å². The number of hydrogen-bond donors (Lipinski definition) is 1. The molecule has 0 saturated heterocycles. The predicted octanol–water partition coefficient (Wildman–Crippen LogP) is 4.55. The minimum Gasteiger partial charge on any atom is -0.330 e. The van der Waals surface area contributed by atoms with Crippen molar-refractivity contribution >= 4 is 23.2 Å². The third-order valence-electron chi connectivity index (χ3n) is 4.85. The number of halogens is 2. The largest absolute Gasteiger partial charge is 0.330 e. The van der Waals surface area contributed by atoms with Gasteiger partial charge in [-0.05, 0) is 53.3 Å². The third-order valence-corrected chi connectivity index (χ3v) is 5.51. The van der Waals surface area contributed by atoms with Crippen molar-refractivity contribution in [3.05, 3.63) is 68.7 Å². The first-order chi connectivity index (χ1) is 9.72. The van der Waals surface area contributed by atoms with Crippen molar-refractivity contribution in [3.8, 4) is 0 Å². The van der Waals surface area contributed by atoms with Crippen LogP contribution in [0.15, 0.2) is 36.4 Å². The van der Waals surface area contributed by atoms with E-state index in [0.29, 0.717) is 24.3 Å². The molecule has 1 atom stereocenters. The summed E-state index contributed by atoms with van der Waals surface area (Å²) in [5.74, 6) is 1.12. The lowest BCUT2D eigenvalue weighted by atomic mass is 9.59. The maximum absolute atomic E-state index is 6.47. The molecule has 3 aliphatic rings. The van der Waals surface area contributed by atoms with Crippen molar-refractivity contribution < 1.29 is 0 Å². The summed E-state index contributed by atoms with van der Waals surface area (Å²) in [5.41, 5.74) is 11.2. The van der Waals surface area contributed by atoms with Gasteiger partial charge in [-0.25, -0.2) is 0 Å². The van der Waals surface area contributed by atoms with Gasteiger partial charge in [0.25, 0.3) is 0 Å². The first-order valence-electron chi connectivity index (χ1n) is 6.99. The average Bonchev–Trinajstić information content (AvgIpc) is 2.47. The maximum atomic E-state index is 6.47. The Balaban J connectivity index is 2.04. The smallest absolute Gasteiger partial charge is 0.0447 e. The standard InChI is InChI=1S/C17H15Cl2N/c18-13-5-1-3-10-15-9(8-20)7-12(16(10)13)17-11(15)4-2-6-14(17)19/h1-6,9,12,15H,7-8,20H2. The summed E-state index contributed by atoms with van der Waals surface area (Å²) in [6.07, 6.45) is 1.05. The highest BCUT2D eigenvalue weighted by Gasteiger charge is 2.44. The van der Waals surface area contributed by atoms with Gasteiger partial charge in [0.05, 0.1) is 0 Å². The third kappa shape index (κ3) is 1.54. The number of benzene rings is 2. The Morgan fingerprint density at radius 2 is 1.50 bits per heavy atom. The molecule has 0 amide bonds. The van der Waals surface area contributed by atoms with Crippen LogP contribution >= 0.6 is 23.2 Å². The minimum atomic E-state index is 0.293. The Bertz CT molecular complexity index is 642. The summed E-state index contributed by atoms with van der Waals surface area (Å²) in [6.45, 7) is 0.707. The van der Waals surface area contributed by atoms with E-state index in [-0.39, 0.29) is 0 Å². The molecule has 2 aromatic carbocycles. The van der Waals surface area contributed by atoms with Gasteiger partial charge in [-0.3, -0.25) is 0 Å². The lowest BCUT2D eigenvalue weighted by Crippen LogP contribution is -2.36. The van der Waals surface area contributed by atoms with Crippen LogP contribution in [0.2, 0.25) is 10.0 Å². The van der Waals surface area contributed by atoms with Crippen molar-refractivity contribution in [2.45, 2.75) is 18.3 Å². The quantitative estimate of drug-likeness (QED) is 0.822. The van der Waals surface area contributed by atoms with Crippen molar-refractivity contribution in [1.82, 2.24) is 0 Å². The van der Waals surface area contributed by atoms with Gasteiger partial charge in [0.2, 0.25) is 0 Å². The number of hydrogen-bond acceptors (Lipinski definition) is 1. The monoisotopic (exact) mass is 303 g/mol. The van der Waals surface area contributed by atoms with Crippen LogP contribution in [0.1, 0.15) is 40.5 Å². The molecule has 0 heterocycles. The fourth-order valence-electron chi connectivity index (χ4n) is 4.11. The van der Waals surface area contributed by atoms with Crippen molar-refractivity contribution in [2.75, 3.05) is 6.54 Å². The zero-order valence-corrected chi connectivity index (χ0v) is 12.5. The molecular weight excluding hydrogens is 289 g/mol. The van der Waals surface area contributed by atoms with E-state index in [9.17, 15) is 0 Å². The van der Waals surface area contributed by atoms with Crippen LogP contribution in [0, 0.1) is 5.92 Å². The highest BCUT2D eigenvalue weighted by atomic mass is 35.5. The fraction of sp³-hybridized carbons (Fsp3) is 0.294. The zero-order chi connectivity index (χ0) is 13.9. The maximum Gasteiger partial charge on any atom is 0.0447 e. The van der Waals surface area contributed by atoms with Gasteiger partial charge in [0.15, 0.2) is 0 Å². The second kappa shape index (κ2) is 4.49. The molecule has 20 heavy (non-hydrogen) atoms. The van der Waals surface area contributed by atoms with E-state index in [4.69, 9.17) is 28.9 Å². The van der Waals surface area contributed by atoms with Gasteiger partial charge in [0, 0.05) is 21.9 Å². The molecule has 0 spiro atoms. The van der Waals surface area contributed by atoms with Crippen LogP contribution in [0.25, 0.3) is 0 Å². The van der Waals surface area contributed by atoms with E-state index in [1.807, 2.05) is 24.3 Å². The van der Waals surface area contributed by atoms with Crippen molar-refractivity contribution in [2.24, 2.45) is 11.7 Å². The Hall–Kier alpha value is -1.02.